The van der Waals surface area contributed by atoms with Crippen LogP contribution in [0.4, 0.5) is 11.8 Å². The molecule has 11 heteroatoms. The second-order valence-electron chi connectivity index (χ2n) is 3.49. The van der Waals surface area contributed by atoms with Gasteiger partial charge in [0.1, 0.15) is 18.9 Å². The van der Waals surface area contributed by atoms with Gasteiger partial charge in [-0.3, -0.25) is 9.36 Å². The summed E-state index contributed by atoms with van der Waals surface area (Å²) in [5.74, 6) is 0.0176. The van der Waals surface area contributed by atoms with Crippen LogP contribution in [-0.4, -0.2) is 39.2 Å². The number of nitrogens with zero attached hydrogens (tertiary/aromatic N) is 7. The molecule has 0 saturated carbocycles. The van der Waals surface area contributed by atoms with Gasteiger partial charge in [0.25, 0.3) is 6.47 Å². The van der Waals surface area contributed by atoms with E-state index in [1.54, 1.807) is 4.57 Å². The fraction of sp³-hybridized carbons (Fsp3) is 0.333. The van der Waals surface area contributed by atoms with E-state index in [4.69, 9.17) is 16.0 Å². The molecule has 0 atom stereocenters. The molecule has 0 bridgehead atoms. The molecule has 0 radical (unpaired) electrons. The summed E-state index contributed by atoms with van der Waals surface area (Å²) in [6.45, 7) is 0.848. The average molecular weight is 278 g/mol. The lowest BCUT2D eigenvalue weighted by Crippen LogP contribution is -2.08. The van der Waals surface area contributed by atoms with E-state index in [1.165, 1.54) is 6.33 Å². The van der Waals surface area contributed by atoms with E-state index in [1.807, 2.05) is 0 Å². The normalized spacial score (nSPS) is 10.2. The third-order valence-corrected chi connectivity index (χ3v) is 2.26. The number of hydrogen-bond donors (Lipinski definition) is 1. The molecule has 0 aliphatic carbocycles. The molecule has 0 amide bonds. The van der Waals surface area contributed by atoms with Crippen LogP contribution in [0.5, 0.6) is 0 Å². The number of carbonyl (C=O) groups excluding carboxylic acids is 1. The number of hydrogen-bond acceptors (Lipinski definition) is 8. The first-order valence-corrected chi connectivity index (χ1v) is 5.42. The van der Waals surface area contributed by atoms with Crippen molar-refractivity contribution in [2.75, 3.05) is 18.9 Å². The highest BCUT2D eigenvalue weighted by atomic mass is 16.5. The second-order valence-corrected chi connectivity index (χ2v) is 3.49. The average Bonchev–Trinajstić information content (AvgIpc) is 2.83. The van der Waals surface area contributed by atoms with Crippen LogP contribution in [0, 0.1) is 0 Å². The Balaban J connectivity index is 2.17. The number of fused-ring (bicyclic) bond motifs is 1. The largest absolute Gasteiger partial charge is 0.465 e. The molecule has 0 aromatic carbocycles. The number of nitrogen functional groups attached to an aromatic ring is 1. The Kier molecular flexibility index (Phi) is 4.27. The Morgan fingerprint density at radius 2 is 2.35 bits per heavy atom. The predicted molar refractivity (Wildman–Crippen MR) is 66.5 cm³/mol. The van der Waals surface area contributed by atoms with E-state index >= 15 is 0 Å². The Labute approximate surface area is 112 Å². The first-order valence-electron chi connectivity index (χ1n) is 5.42. The fourth-order valence-electron chi connectivity index (χ4n) is 1.45. The molecule has 2 aromatic heterocycles. The maximum absolute atomic E-state index is 9.94. The van der Waals surface area contributed by atoms with Crippen LogP contribution in [0.25, 0.3) is 21.6 Å². The molecule has 11 nitrogen and oxygen atoms in total. The number of ether oxygens (including phenoxy) is 2. The minimum absolute atomic E-state index is 0.0939. The van der Waals surface area contributed by atoms with Gasteiger partial charge in [0.05, 0.1) is 12.9 Å². The summed E-state index contributed by atoms with van der Waals surface area (Å²) in [7, 11) is 0. The van der Waals surface area contributed by atoms with Crippen LogP contribution < -0.4 is 5.73 Å². The Bertz CT molecular complexity index is 663. The summed E-state index contributed by atoms with van der Waals surface area (Å²) < 4.78 is 11.3. The summed E-state index contributed by atoms with van der Waals surface area (Å²) in [6, 6.07) is 0. The minimum Gasteiger partial charge on any atom is -0.465 e. The lowest BCUT2D eigenvalue weighted by molar-refractivity contribution is -0.130. The van der Waals surface area contributed by atoms with Crippen LogP contribution in [-0.2, 0) is 21.0 Å². The van der Waals surface area contributed by atoms with E-state index in [0.717, 1.165) is 0 Å². The van der Waals surface area contributed by atoms with Gasteiger partial charge in [-0.15, -0.1) is 0 Å². The van der Waals surface area contributed by atoms with E-state index in [-0.39, 0.29) is 31.7 Å². The van der Waals surface area contributed by atoms with Gasteiger partial charge >= 0.3 is 0 Å². The Morgan fingerprint density at radius 1 is 1.50 bits per heavy atom. The van der Waals surface area contributed by atoms with Crippen molar-refractivity contribution >= 4 is 29.4 Å². The first kappa shape index (κ1) is 13.5. The van der Waals surface area contributed by atoms with Gasteiger partial charge in [0, 0.05) is 4.91 Å². The molecule has 2 aromatic rings. The van der Waals surface area contributed by atoms with Gasteiger partial charge in [-0.25, -0.2) is 15.0 Å². The summed E-state index contributed by atoms with van der Waals surface area (Å²) in [5, 5.41) is 3.30. The van der Waals surface area contributed by atoms with E-state index in [9.17, 15) is 4.79 Å². The Morgan fingerprint density at radius 3 is 3.10 bits per heavy atom. The van der Waals surface area contributed by atoms with Crippen LogP contribution in [0.2, 0.25) is 0 Å². The van der Waals surface area contributed by atoms with Crippen molar-refractivity contribution in [2.45, 2.75) is 6.73 Å². The summed E-state index contributed by atoms with van der Waals surface area (Å²) in [5.41, 5.74) is 14.8. The molecular formula is C9H10N8O3. The number of anilines is 1. The predicted octanol–water partition coefficient (Wildman–Crippen LogP) is 0.497. The molecule has 0 aliphatic rings. The zero-order valence-corrected chi connectivity index (χ0v) is 10.2. The zero-order valence-electron chi connectivity index (χ0n) is 10.2. The molecule has 20 heavy (non-hydrogen) atoms. The third-order valence-electron chi connectivity index (χ3n) is 2.26. The van der Waals surface area contributed by atoms with Crippen molar-refractivity contribution in [3.63, 3.8) is 0 Å². The number of aromatic nitrogens is 4. The number of rotatable bonds is 7. The maximum atomic E-state index is 9.94. The zero-order chi connectivity index (χ0) is 14.4. The molecule has 2 N–H and O–H groups in total. The number of nitrogens with two attached hydrogens (primary N) is 1. The van der Waals surface area contributed by atoms with Crippen LogP contribution in [0.3, 0.4) is 0 Å². The molecule has 0 aliphatic heterocycles. The molecule has 104 valence electrons. The quantitative estimate of drug-likeness (QED) is 0.254. The second kappa shape index (κ2) is 6.31. The molecule has 2 heterocycles. The third kappa shape index (κ3) is 2.91. The van der Waals surface area contributed by atoms with Gasteiger partial charge in [-0.2, -0.15) is 0 Å². The van der Waals surface area contributed by atoms with Crippen LogP contribution in [0.1, 0.15) is 0 Å². The SMILES string of the molecule is [N-]=[N+]=Nc1nc(N)c2ncn(COCCOC=O)c2n1. The highest BCUT2D eigenvalue weighted by Gasteiger charge is 2.10. The lowest BCUT2D eigenvalue weighted by atomic mass is 10.5. The van der Waals surface area contributed by atoms with Crippen LogP contribution >= 0.6 is 0 Å². The first-order chi connectivity index (χ1) is 9.76. The number of carbonyl (C=O) groups is 1. The van der Waals surface area contributed by atoms with Gasteiger partial charge in [-0.05, 0) is 10.6 Å². The van der Waals surface area contributed by atoms with Crippen LogP contribution in [0.15, 0.2) is 11.4 Å². The highest BCUT2D eigenvalue weighted by Crippen LogP contribution is 2.19. The number of imidazole rings is 1. The summed E-state index contributed by atoms with van der Waals surface area (Å²) >= 11 is 0. The van der Waals surface area contributed by atoms with Crippen molar-refractivity contribution in [1.82, 2.24) is 19.5 Å². The standard InChI is InChI=1S/C9H10N8O3/c10-7-6-8(14-9(13-7)15-16-11)17(3-12-6)4-19-1-2-20-5-18/h3,5H,1-2,4H2,(H2,10,13,14). The van der Waals surface area contributed by atoms with Gasteiger partial charge in [0.15, 0.2) is 11.5 Å². The Hall–Kier alpha value is -2.91. The molecule has 0 fully saturated rings. The maximum Gasteiger partial charge on any atom is 0.293 e. The summed E-state index contributed by atoms with van der Waals surface area (Å²) in [4.78, 5) is 24.4. The smallest absolute Gasteiger partial charge is 0.293 e. The van der Waals surface area contributed by atoms with Gasteiger partial charge < -0.3 is 15.2 Å². The van der Waals surface area contributed by atoms with Crippen molar-refractivity contribution in [3.05, 3.63) is 16.8 Å². The summed E-state index contributed by atoms with van der Waals surface area (Å²) in [6.07, 6.45) is 1.47. The molecule has 0 spiro atoms. The molecule has 2 rings (SSSR count). The van der Waals surface area contributed by atoms with E-state index < -0.39 is 0 Å². The van der Waals surface area contributed by atoms with Crippen molar-refractivity contribution < 1.29 is 14.3 Å². The molecule has 0 unspecified atom stereocenters. The van der Waals surface area contributed by atoms with E-state index in [2.05, 4.69) is 29.7 Å². The molecular weight excluding hydrogens is 268 g/mol. The fourth-order valence-corrected chi connectivity index (χ4v) is 1.45. The van der Waals surface area contributed by atoms with Crippen molar-refractivity contribution in [2.24, 2.45) is 5.11 Å². The van der Waals surface area contributed by atoms with Crippen molar-refractivity contribution in [3.8, 4) is 0 Å². The minimum atomic E-state index is -0.0939. The van der Waals surface area contributed by atoms with Gasteiger partial charge in [0.2, 0.25) is 5.95 Å². The van der Waals surface area contributed by atoms with E-state index in [0.29, 0.717) is 17.6 Å². The van der Waals surface area contributed by atoms with Crippen molar-refractivity contribution in [1.29, 1.82) is 0 Å². The van der Waals surface area contributed by atoms with Gasteiger partial charge in [-0.1, -0.05) is 0 Å². The molecule has 0 saturated heterocycles. The lowest BCUT2D eigenvalue weighted by Gasteiger charge is -2.05. The number of azide groups is 1. The topological polar surface area (TPSA) is 154 Å². The highest BCUT2D eigenvalue weighted by molar-refractivity contribution is 5.82. The monoisotopic (exact) mass is 278 g/mol.